The number of hydrogen-bond acceptors (Lipinski definition) is 3. The van der Waals surface area contributed by atoms with E-state index in [2.05, 4.69) is 0 Å². The van der Waals surface area contributed by atoms with Gasteiger partial charge in [0.1, 0.15) is 0 Å². The van der Waals surface area contributed by atoms with E-state index < -0.39 is 17.9 Å². The van der Waals surface area contributed by atoms with Gasteiger partial charge in [-0.1, -0.05) is 29.8 Å². The molecule has 0 bridgehead atoms. The van der Waals surface area contributed by atoms with Crippen LogP contribution in [0.15, 0.2) is 24.3 Å². The fraction of sp³-hybridized carbons (Fsp3) is 0.333. The Labute approximate surface area is 93.9 Å². The highest BCUT2D eigenvalue weighted by Crippen LogP contribution is 2.19. The standard InChI is InChI=1S/C12H14O4/c1-3-16-12(15)10(11(13)14)9-6-4-5-8(2)7-9/h4-7,10H,3H2,1-2H3,(H,13,14). The summed E-state index contributed by atoms with van der Waals surface area (Å²) in [5, 5.41) is 9.01. The Morgan fingerprint density at radius 2 is 2.12 bits per heavy atom. The van der Waals surface area contributed by atoms with Crippen molar-refractivity contribution in [2.75, 3.05) is 6.61 Å². The van der Waals surface area contributed by atoms with Crippen LogP contribution < -0.4 is 0 Å². The average Bonchev–Trinajstić information content (AvgIpc) is 2.17. The van der Waals surface area contributed by atoms with Gasteiger partial charge in [-0.15, -0.1) is 0 Å². The predicted molar refractivity (Wildman–Crippen MR) is 58.2 cm³/mol. The van der Waals surface area contributed by atoms with E-state index in [4.69, 9.17) is 9.84 Å². The number of carbonyl (C=O) groups excluding carboxylic acids is 1. The van der Waals surface area contributed by atoms with E-state index >= 15 is 0 Å². The molecule has 1 N–H and O–H groups in total. The zero-order chi connectivity index (χ0) is 12.1. The average molecular weight is 222 g/mol. The molecule has 0 amide bonds. The maximum Gasteiger partial charge on any atom is 0.324 e. The Morgan fingerprint density at radius 1 is 1.44 bits per heavy atom. The van der Waals surface area contributed by atoms with Gasteiger partial charge in [0.15, 0.2) is 5.92 Å². The number of carboxylic acid groups (broad SMARTS) is 1. The summed E-state index contributed by atoms with van der Waals surface area (Å²) >= 11 is 0. The molecule has 0 radical (unpaired) electrons. The van der Waals surface area contributed by atoms with Crippen molar-refractivity contribution in [3.63, 3.8) is 0 Å². The minimum atomic E-state index is -1.24. The Morgan fingerprint density at radius 3 is 2.62 bits per heavy atom. The third-order valence-electron chi connectivity index (χ3n) is 2.14. The van der Waals surface area contributed by atoms with Crippen molar-refractivity contribution in [3.05, 3.63) is 35.4 Å². The highest BCUT2D eigenvalue weighted by atomic mass is 16.5. The molecule has 1 rings (SSSR count). The second kappa shape index (κ2) is 5.30. The molecule has 0 aliphatic rings. The molecule has 1 aromatic rings. The molecule has 1 atom stereocenters. The van der Waals surface area contributed by atoms with Gasteiger partial charge in [0.25, 0.3) is 0 Å². The smallest absolute Gasteiger partial charge is 0.324 e. The van der Waals surface area contributed by atoms with Gasteiger partial charge in [0.2, 0.25) is 0 Å². The van der Waals surface area contributed by atoms with Crippen LogP contribution >= 0.6 is 0 Å². The highest BCUT2D eigenvalue weighted by molar-refractivity contribution is 5.99. The third-order valence-corrected chi connectivity index (χ3v) is 2.14. The van der Waals surface area contributed by atoms with E-state index in [1.54, 1.807) is 25.1 Å². The molecule has 0 aliphatic heterocycles. The van der Waals surface area contributed by atoms with Crippen molar-refractivity contribution < 1.29 is 19.4 Å². The molecule has 0 heterocycles. The van der Waals surface area contributed by atoms with Crippen LogP contribution in [0.25, 0.3) is 0 Å². The Bertz CT molecular complexity index is 398. The van der Waals surface area contributed by atoms with Crippen LogP contribution in [0.1, 0.15) is 24.0 Å². The molecule has 0 fully saturated rings. The fourth-order valence-corrected chi connectivity index (χ4v) is 1.45. The topological polar surface area (TPSA) is 63.6 Å². The summed E-state index contributed by atoms with van der Waals surface area (Å²) in [6, 6.07) is 6.85. The van der Waals surface area contributed by atoms with Crippen LogP contribution in [0.2, 0.25) is 0 Å². The molecule has 4 heteroatoms. The largest absolute Gasteiger partial charge is 0.480 e. The maximum absolute atomic E-state index is 11.5. The van der Waals surface area contributed by atoms with Gasteiger partial charge in [-0.3, -0.25) is 9.59 Å². The van der Waals surface area contributed by atoms with E-state index in [0.29, 0.717) is 5.56 Å². The zero-order valence-corrected chi connectivity index (χ0v) is 9.27. The lowest BCUT2D eigenvalue weighted by Gasteiger charge is -2.11. The molecule has 0 aromatic heterocycles. The Hall–Kier alpha value is -1.84. The summed E-state index contributed by atoms with van der Waals surface area (Å²) in [7, 11) is 0. The molecule has 1 unspecified atom stereocenters. The molecular formula is C12H14O4. The summed E-state index contributed by atoms with van der Waals surface area (Å²) < 4.78 is 4.74. The van der Waals surface area contributed by atoms with Crippen LogP contribution in [0, 0.1) is 6.92 Å². The lowest BCUT2D eigenvalue weighted by molar-refractivity contribution is -0.153. The van der Waals surface area contributed by atoms with Crippen molar-refractivity contribution in [3.8, 4) is 0 Å². The van der Waals surface area contributed by atoms with Gasteiger partial charge in [-0.2, -0.15) is 0 Å². The quantitative estimate of drug-likeness (QED) is 0.622. The summed E-state index contributed by atoms with van der Waals surface area (Å²) in [4.78, 5) is 22.5. The number of esters is 1. The van der Waals surface area contributed by atoms with Crippen molar-refractivity contribution in [2.45, 2.75) is 19.8 Å². The summed E-state index contributed by atoms with van der Waals surface area (Å²) in [6.45, 7) is 3.66. The molecule has 4 nitrogen and oxygen atoms in total. The monoisotopic (exact) mass is 222 g/mol. The maximum atomic E-state index is 11.5. The van der Waals surface area contributed by atoms with Gasteiger partial charge >= 0.3 is 11.9 Å². The minimum Gasteiger partial charge on any atom is -0.480 e. The van der Waals surface area contributed by atoms with Crippen molar-refractivity contribution >= 4 is 11.9 Å². The van der Waals surface area contributed by atoms with Gasteiger partial charge in [0, 0.05) is 0 Å². The van der Waals surface area contributed by atoms with Crippen molar-refractivity contribution in [1.82, 2.24) is 0 Å². The Kier molecular flexibility index (Phi) is 4.05. The number of aliphatic carboxylic acids is 1. The van der Waals surface area contributed by atoms with Crippen LogP contribution in [-0.4, -0.2) is 23.7 Å². The molecular weight excluding hydrogens is 208 g/mol. The number of hydrogen-bond donors (Lipinski definition) is 1. The lowest BCUT2D eigenvalue weighted by atomic mass is 9.98. The number of ether oxygens (including phenoxy) is 1. The summed E-state index contributed by atoms with van der Waals surface area (Å²) in [5.74, 6) is -3.15. The fourth-order valence-electron chi connectivity index (χ4n) is 1.45. The first-order valence-corrected chi connectivity index (χ1v) is 5.02. The lowest BCUT2D eigenvalue weighted by Crippen LogP contribution is -2.23. The van der Waals surface area contributed by atoms with Crippen LogP contribution in [0.3, 0.4) is 0 Å². The van der Waals surface area contributed by atoms with Gasteiger partial charge < -0.3 is 9.84 Å². The number of carboxylic acids is 1. The van der Waals surface area contributed by atoms with Crippen LogP contribution in [-0.2, 0) is 14.3 Å². The van der Waals surface area contributed by atoms with E-state index in [9.17, 15) is 9.59 Å². The number of rotatable bonds is 4. The number of carbonyl (C=O) groups is 2. The van der Waals surface area contributed by atoms with Crippen molar-refractivity contribution in [2.24, 2.45) is 0 Å². The van der Waals surface area contributed by atoms with Gasteiger partial charge in [-0.25, -0.2) is 0 Å². The zero-order valence-electron chi connectivity index (χ0n) is 9.27. The molecule has 1 aromatic carbocycles. The van der Waals surface area contributed by atoms with E-state index in [1.807, 2.05) is 13.0 Å². The summed E-state index contributed by atoms with van der Waals surface area (Å²) in [5.41, 5.74) is 1.36. The van der Waals surface area contributed by atoms with Gasteiger partial charge in [0.05, 0.1) is 6.61 Å². The normalized spacial score (nSPS) is 11.9. The molecule has 0 saturated carbocycles. The first-order chi connectivity index (χ1) is 7.56. The highest BCUT2D eigenvalue weighted by Gasteiger charge is 2.29. The first kappa shape index (κ1) is 12.2. The SMILES string of the molecule is CCOC(=O)C(C(=O)O)c1cccc(C)c1. The van der Waals surface area contributed by atoms with E-state index in [1.165, 1.54) is 0 Å². The third kappa shape index (κ3) is 2.82. The van der Waals surface area contributed by atoms with E-state index in [-0.39, 0.29) is 6.61 Å². The van der Waals surface area contributed by atoms with Crippen LogP contribution in [0.4, 0.5) is 0 Å². The van der Waals surface area contributed by atoms with Crippen LogP contribution in [0.5, 0.6) is 0 Å². The van der Waals surface area contributed by atoms with Gasteiger partial charge in [-0.05, 0) is 19.4 Å². The minimum absolute atomic E-state index is 0.175. The molecule has 0 aliphatic carbocycles. The second-order valence-corrected chi connectivity index (χ2v) is 3.44. The predicted octanol–water partition coefficient (Wildman–Crippen LogP) is 1.73. The molecule has 16 heavy (non-hydrogen) atoms. The second-order valence-electron chi connectivity index (χ2n) is 3.44. The molecule has 86 valence electrons. The number of aryl methyl sites for hydroxylation is 1. The Balaban J connectivity index is 3.03. The van der Waals surface area contributed by atoms with Crippen molar-refractivity contribution in [1.29, 1.82) is 0 Å². The summed E-state index contributed by atoms with van der Waals surface area (Å²) in [6.07, 6.45) is 0. The molecule has 0 saturated heterocycles. The molecule has 0 spiro atoms. The number of benzene rings is 1. The first-order valence-electron chi connectivity index (χ1n) is 5.02. The van der Waals surface area contributed by atoms with E-state index in [0.717, 1.165) is 5.56 Å².